The number of aryl methyl sites for hydroxylation is 2. The zero-order chi connectivity index (χ0) is 14.5. The van der Waals surface area contributed by atoms with Crippen molar-refractivity contribution in [3.63, 3.8) is 0 Å². The number of urea groups is 1. The minimum Gasteiger partial charge on any atom is -0.334 e. The van der Waals surface area contributed by atoms with Gasteiger partial charge in [0.2, 0.25) is 0 Å². The molecule has 104 valence electrons. The lowest BCUT2D eigenvalue weighted by Crippen LogP contribution is -2.28. The van der Waals surface area contributed by atoms with E-state index in [2.05, 4.69) is 10.6 Å². The average molecular weight is 289 g/mol. The molecule has 0 radical (unpaired) electrons. The van der Waals surface area contributed by atoms with Crippen molar-refractivity contribution in [1.29, 1.82) is 0 Å². The summed E-state index contributed by atoms with van der Waals surface area (Å²) >= 11 is 6.05. The Morgan fingerprint density at radius 3 is 2.35 bits per heavy atom. The van der Waals surface area contributed by atoms with E-state index >= 15 is 0 Å². The molecule has 0 spiro atoms. The molecule has 0 aromatic heterocycles. The number of hydrogen-bond acceptors (Lipinski definition) is 1. The highest BCUT2D eigenvalue weighted by atomic mass is 35.5. The zero-order valence-electron chi connectivity index (χ0n) is 11.5. The van der Waals surface area contributed by atoms with Crippen LogP contribution in [-0.4, -0.2) is 6.03 Å². The van der Waals surface area contributed by atoms with Crippen LogP contribution in [0.25, 0.3) is 0 Å². The van der Waals surface area contributed by atoms with Gasteiger partial charge in [0.25, 0.3) is 0 Å². The van der Waals surface area contributed by atoms with Crippen LogP contribution in [0.1, 0.15) is 16.7 Å². The maximum absolute atomic E-state index is 11.9. The molecule has 4 heteroatoms. The quantitative estimate of drug-likeness (QED) is 0.869. The normalized spacial score (nSPS) is 10.2. The summed E-state index contributed by atoms with van der Waals surface area (Å²) in [4.78, 5) is 11.9. The lowest BCUT2D eigenvalue weighted by atomic mass is 10.1. The number of nitrogens with one attached hydrogen (secondary N) is 2. The third-order valence-electron chi connectivity index (χ3n) is 3.12. The van der Waals surface area contributed by atoms with E-state index in [-0.39, 0.29) is 6.03 Å². The van der Waals surface area contributed by atoms with E-state index in [0.29, 0.717) is 11.6 Å². The van der Waals surface area contributed by atoms with Crippen molar-refractivity contribution in [3.8, 4) is 0 Å². The summed E-state index contributed by atoms with van der Waals surface area (Å²) in [5.41, 5.74) is 3.82. The minimum absolute atomic E-state index is 0.234. The number of halogens is 1. The lowest BCUT2D eigenvalue weighted by molar-refractivity contribution is 0.251. The van der Waals surface area contributed by atoms with E-state index in [9.17, 15) is 4.79 Å². The Bertz CT molecular complexity index is 605. The van der Waals surface area contributed by atoms with E-state index in [1.54, 1.807) is 0 Å². The number of amides is 2. The Hall–Kier alpha value is -2.00. The molecule has 2 aromatic carbocycles. The van der Waals surface area contributed by atoms with Gasteiger partial charge in [-0.25, -0.2) is 4.79 Å². The fraction of sp³-hybridized carbons (Fsp3) is 0.188. The first-order valence-corrected chi connectivity index (χ1v) is 6.80. The molecule has 2 amide bonds. The summed E-state index contributed by atoms with van der Waals surface area (Å²) in [7, 11) is 0. The van der Waals surface area contributed by atoms with Crippen LogP contribution in [0.5, 0.6) is 0 Å². The Morgan fingerprint density at radius 2 is 1.70 bits per heavy atom. The Morgan fingerprint density at radius 1 is 1.05 bits per heavy atom. The largest absolute Gasteiger partial charge is 0.334 e. The predicted molar refractivity (Wildman–Crippen MR) is 83.2 cm³/mol. The molecule has 2 N–H and O–H groups in total. The first kappa shape index (κ1) is 14.4. The highest BCUT2D eigenvalue weighted by molar-refractivity contribution is 6.31. The van der Waals surface area contributed by atoms with E-state index in [1.165, 1.54) is 0 Å². The number of para-hydroxylation sites is 1. The first-order valence-electron chi connectivity index (χ1n) is 6.42. The van der Waals surface area contributed by atoms with Crippen molar-refractivity contribution >= 4 is 23.3 Å². The van der Waals surface area contributed by atoms with Crippen molar-refractivity contribution in [3.05, 3.63) is 64.2 Å². The second kappa shape index (κ2) is 6.44. The second-order valence-electron chi connectivity index (χ2n) is 4.67. The molecule has 0 aliphatic rings. The van der Waals surface area contributed by atoms with Gasteiger partial charge in [-0.2, -0.15) is 0 Å². The van der Waals surface area contributed by atoms with E-state index < -0.39 is 0 Å². The molecule has 0 saturated carbocycles. The fourth-order valence-electron chi connectivity index (χ4n) is 1.99. The van der Waals surface area contributed by atoms with Crippen LogP contribution in [-0.2, 0) is 6.54 Å². The summed E-state index contributed by atoms with van der Waals surface area (Å²) in [6.07, 6.45) is 0. The average Bonchev–Trinajstić information content (AvgIpc) is 2.42. The van der Waals surface area contributed by atoms with Gasteiger partial charge < -0.3 is 10.6 Å². The molecule has 20 heavy (non-hydrogen) atoms. The SMILES string of the molecule is Cc1cccc(C)c1NC(=O)NCc1ccccc1Cl. The number of rotatable bonds is 3. The van der Waals surface area contributed by atoms with E-state index in [1.807, 2.05) is 56.3 Å². The minimum atomic E-state index is -0.234. The van der Waals surface area contributed by atoms with Crippen LogP contribution < -0.4 is 10.6 Å². The number of hydrogen-bond donors (Lipinski definition) is 2. The number of anilines is 1. The summed E-state index contributed by atoms with van der Waals surface area (Å²) in [6, 6.07) is 13.1. The third kappa shape index (κ3) is 3.52. The van der Waals surface area contributed by atoms with Crippen LogP contribution in [0.4, 0.5) is 10.5 Å². The van der Waals surface area contributed by atoms with Gasteiger partial charge in [-0.15, -0.1) is 0 Å². The highest BCUT2D eigenvalue weighted by Crippen LogP contribution is 2.19. The van der Waals surface area contributed by atoms with Crippen molar-refractivity contribution < 1.29 is 4.79 Å². The van der Waals surface area contributed by atoms with E-state index in [0.717, 1.165) is 22.4 Å². The van der Waals surface area contributed by atoms with Gasteiger partial charge in [-0.1, -0.05) is 48.0 Å². The molecule has 0 aliphatic carbocycles. The number of benzene rings is 2. The molecule has 0 atom stereocenters. The monoisotopic (exact) mass is 288 g/mol. The van der Waals surface area contributed by atoms with Gasteiger partial charge in [-0.05, 0) is 36.6 Å². The maximum atomic E-state index is 11.9. The van der Waals surface area contributed by atoms with Gasteiger partial charge in [0.1, 0.15) is 0 Å². The molecule has 0 unspecified atom stereocenters. The number of carbonyl (C=O) groups excluding carboxylic acids is 1. The number of carbonyl (C=O) groups is 1. The second-order valence-corrected chi connectivity index (χ2v) is 5.07. The van der Waals surface area contributed by atoms with Crippen molar-refractivity contribution in [2.24, 2.45) is 0 Å². The van der Waals surface area contributed by atoms with Crippen LogP contribution in [0, 0.1) is 13.8 Å². The van der Waals surface area contributed by atoms with Crippen LogP contribution in [0.15, 0.2) is 42.5 Å². The molecule has 0 aliphatic heterocycles. The third-order valence-corrected chi connectivity index (χ3v) is 3.49. The molecule has 2 aromatic rings. The Labute approximate surface area is 124 Å². The summed E-state index contributed by atoms with van der Waals surface area (Å²) < 4.78 is 0. The predicted octanol–water partition coefficient (Wildman–Crippen LogP) is 4.28. The van der Waals surface area contributed by atoms with Gasteiger partial charge in [-0.3, -0.25) is 0 Å². The summed E-state index contributed by atoms with van der Waals surface area (Å²) in [6.45, 7) is 4.34. The summed E-state index contributed by atoms with van der Waals surface area (Å²) in [5.74, 6) is 0. The lowest BCUT2D eigenvalue weighted by Gasteiger charge is -2.12. The Kier molecular flexibility index (Phi) is 4.64. The maximum Gasteiger partial charge on any atom is 0.319 e. The van der Waals surface area contributed by atoms with E-state index in [4.69, 9.17) is 11.6 Å². The van der Waals surface area contributed by atoms with Crippen molar-refractivity contribution in [1.82, 2.24) is 5.32 Å². The standard InChI is InChI=1S/C16H17ClN2O/c1-11-6-5-7-12(2)15(11)19-16(20)18-10-13-8-3-4-9-14(13)17/h3-9H,10H2,1-2H3,(H2,18,19,20). The van der Waals surface area contributed by atoms with Gasteiger partial charge in [0.05, 0.1) is 0 Å². The van der Waals surface area contributed by atoms with Crippen LogP contribution in [0.3, 0.4) is 0 Å². The molecule has 0 saturated heterocycles. The van der Waals surface area contributed by atoms with Gasteiger partial charge in [0.15, 0.2) is 0 Å². The fourth-order valence-corrected chi connectivity index (χ4v) is 2.19. The molecular weight excluding hydrogens is 272 g/mol. The van der Waals surface area contributed by atoms with Crippen LogP contribution in [0.2, 0.25) is 5.02 Å². The first-order chi connectivity index (χ1) is 9.58. The highest BCUT2D eigenvalue weighted by Gasteiger charge is 2.07. The van der Waals surface area contributed by atoms with Crippen molar-refractivity contribution in [2.45, 2.75) is 20.4 Å². The summed E-state index contributed by atoms with van der Waals surface area (Å²) in [5, 5.41) is 6.34. The van der Waals surface area contributed by atoms with Crippen molar-refractivity contribution in [2.75, 3.05) is 5.32 Å². The molecule has 0 fully saturated rings. The Balaban J connectivity index is 1.98. The molecule has 3 nitrogen and oxygen atoms in total. The molecule has 0 heterocycles. The van der Waals surface area contributed by atoms with Gasteiger partial charge >= 0.3 is 6.03 Å². The van der Waals surface area contributed by atoms with Crippen LogP contribution >= 0.6 is 11.6 Å². The zero-order valence-corrected chi connectivity index (χ0v) is 12.3. The van der Waals surface area contributed by atoms with Gasteiger partial charge in [0, 0.05) is 17.3 Å². The smallest absolute Gasteiger partial charge is 0.319 e. The molecular formula is C16H17ClN2O. The topological polar surface area (TPSA) is 41.1 Å². The molecule has 0 bridgehead atoms. The molecule has 2 rings (SSSR count).